The number of nitrogens with one attached hydrogen (secondary N) is 3. The van der Waals surface area contributed by atoms with Crippen molar-refractivity contribution in [3.63, 3.8) is 0 Å². The van der Waals surface area contributed by atoms with E-state index in [0.717, 1.165) is 0 Å². The number of anilines is 2. The van der Waals surface area contributed by atoms with E-state index in [1.165, 1.54) is 18.2 Å². The molecule has 1 aliphatic carbocycles. The molecule has 160 valence electrons. The number of aromatic amines is 2. The van der Waals surface area contributed by atoms with Crippen molar-refractivity contribution in [3.05, 3.63) is 91.3 Å². The number of amides is 1. The summed E-state index contributed by atoms with van der Waals surface area (Å²) in [5, 5.41) is 2.44. The summed E-state index contributed by atoms with van der Waals surface area (Å²) in [5.74, 6) is -2.60. The predicted molar refractivity (Wildman–Crippen MR) is 111 cm³/mol. The Hall–Kier alpha value is -4.80. The lowest BCUT2D eigenvalue weighted by atomic mass is 9.84. The second-order valence-corrected chi connectivity index (χ2v) is 6.79. The van der Waals surface area contributed by atoms with E-state index in [-0.39, 0.29) is 33.9 Å². The van der Waals surface area contributed by atoms with Crippen molar-refractivity contribution in [2.45, 2.75) is 0 Å². The van der Waals surface area contributed by atoms with Crippen molar-refractivity contribution in [3.8, 4) is 0 Å². The average molecular weight is 434 g/mol. The Morgan fingerprint density at radius 1 is 0.875 bits per heavy atom. The third-order valence-corrected chi connectivity index (χ3v) is 4.73. The minimum atomic E-state index is -1.18. The number of hydrogen-bond donors (Lipinski definition) is 4. The van der Waals surface area contributed by atoms with Crippen LogP contribution in [0.3, 0.4) is 0 Å². The van der Waals surface area contributed by atoms with Gasteiger partial charge in [-0.15, -0.1) is 0 Å². The lowest BCUT2D eigenvalue weighted by Crippen LogP contribution is -2.30. The molecule has 0 unspecified atom stereocenters. The molecule has 1 heterocycles. The van der Waals surface area contributed by atoms with Gasteiger partial charge in [-0.1, -0.05) is 24.3 Å². The van der Waals surface area contributed by atoms with Gasteiger partial charge in [0.2, 0.25) is 0 Å². The van der Waals surface area contributed by atoms with E-state index in [2.05, 4.69) is 5.32 Å². The SMILES string of the molecule is Nc1c(C(=O)OCC(=O)Nc2ccc3c(c2)C(=O)c2ccccc2C3=O)[nH]c(=O)[nH]c1=O. The van der Waals surface area contributed by atoms with Gasteiger partial charge in [0.15, 0.2) is 23.9 Å². The van der Waals surface area contributed by atoms with E-state index < -0.39 is 41.1 Å². The summed E-state index contributed by atoms with van der Waals surface area (Å²) >= 11 is 0. The number of ketones is 2. The second-order valence-electron chi connectivity index (χ2n) is 6.79. The van der Waals surface area contributed by atoms with Gasteiger partial charge in [0, 0.05) is 27.9 Å². The van der Waals surface area contributed by atoms with Crippen molar-refractivity contribution in [1.29, 1.82) is 0 Å². The van der Waals surface area contributed by atoms with E-state index in [1.54, 1.807) is 24.3 Å². The molecule has 11 nitrogen and oxygen atoms in total. The number of carbonyl (C=O) groups excluding carboxylic acids is 4. The van der Waals surface area contributed by atoms with Crippen LogP contribution in [0.2, 0.25) is 0 Å². The molecule has 0 atom stereocenters. The number of aromatic nitrogens is 2. The Morgan fingerprint density at radius 3 is 2.19 bits per heavy atom. The van der Waals surface area contributed by atoms with Crippen molar-refractivity contribution < 1.29 is 23.9 Å². The highest BCUT2D eigenvalue weighted by Gasteiger charge is 2.29. The fourth-order valence-electron chi connectivity index (χ4n) is 3.23. The highest BCUT2D eigenvalue weighted by Crippen LogP contribution is 2.29. The van der Waals surface area contributed by atoms with Crippen molar-refractivity contribution >= 4 is 34.8 Å². The van der Waals surface area contributed by atoms with Crippen LogP contribution >= 0.6 is 0 Å². The van der Waals surface area contributed by atoms with Crippen LogP contribution < -0.4 is 22.3 Å². The van der Waals surface area contributed by atoms with Gasteiger partial charge in [-0.3, -0.25) is 29.1 Å². The average Bonchev–Trinajstić information content (AvgIpc) is 2.78. The number of H-pyrrole nitrogens is 2. The molecule has 0 fully saturated rings. The lowest BCUT2D eigenvalue weighted by molar-refractivity contribution is -0.119. The quantitative estimate of drug-likeness (QED) is 0.329. The van der Waals surface area contributed by atoms with Crippen LogP contribution in [0.5, 0.6) is 0 Å². The summed E-state index contributed by atoms with van der Waals surface area (Å²) in [5.41, 5.74) is 3.49. The van der Waals surface area contributed by atoms with Crippen molar-refractivity contribution in [1.82, 2.24) is 9.97 Å². The normalized spacial score (nSPS) is 12.0. The fraction of sp³-hybridized carbons (Fsp3) is 0.0476. The first-order valence-electron chi connectivity index (χ1n) is 9.18. The van der Waals surface area contributed by atoms with E-state index in [0.29, 0.717) is 5.56 Å². The number of hydrogen-bond acceptors (Lipinski definition) is 8. The third-order valence-electron chi connectivity index (χ3n) is 4.73. The zero-order valence-electron chi connectivity index (χ0n) is 16.2. The molecule has 0 aliphatic heterocycles. The number of carbonyl (C=O) groups is 4. The summed E-state index contributed by atoms with van der Waals surface area (Å²) in [6.07, 6.45) is 0. The summed E-state index contributed by atoms with van der Waals surface area (Å²) in [4.78, 5) is 76.2. The summed E-state index contributed by atoms with van der Waals surface area (Å²) in [6.45, 7) is -0.764. The molecule has 2 aromatic carbocycles. The molecular weight excluding hydrogens is 420 g/mol. The number of ether oxygens (including phenoxy) is 1. The van der Waals surface area contributed by atoms with Gasteiger partial charge in [0.25, 0.3) is 11.5 Å². The topological polar surface area (TPSA) is 181 Å². The summed E-state index contributed by atoms with van der Waals surface area (Å²) in [6, 6.07) is 10.7. The van der Waals surface area contributed by atoms with Gasteiger partial charge in [-0.05, 0) is 18.2 Å². The van der Waals surface area contributed by atoms with Crippen LogP contribution in [0.1, 0.15) is 42.3 Å². The smallest absolute Gasteiger partial charge is 0.357 e. The highest BCUT2D eigenvalue weighted by molar-refractivity contribution is 6.28. The number of rotatable bonds is 4. The Labute approximate surface area is 178 Å². The van der Waals surface area contributed by atoms with Crippen molar-refractivity contribution in [2.24, 2.45) is 0 Å². The monoisotopic (exact) mass is 434 g/mol. The highest BCUT2D eigenvalue weighted by atomic mass is 16.5. The largest absolute Gasteiger partial charge is 0.451 e. The first-order valence-corrected chi connectivity index (χ1v) is 9.18. The number of nitrogen functional groups attached to an aromatic ring is 1. The number of nitrogens with two attached hydrogens (primary N) is 1. The van der Waals surface area contributed by atoms with E-state index in [4.69, 9.17) is 10.5 Å². The molecule has 3 aromatic rings. The zero-order chi connectivity index (χ0) is 23.0. The van der Waals surface area contributed by atoms with Crippen LogP contribution in [0.15, 0.2) is 52.1 Å². The van der Waals surface area contributed by atoms with E-state index >= 15 is 0 Å². The molecule has 0 bridgehead atoms. The molecule has 1 aliphatic rings. The minimum Gasteiger partial charge on any atom is -0.451 e. The maximum absolute atomic E-state index is 12.7. The third kappa shape index (κ3) is 3.58. The Kier molecular flexibility index (Phi) is 4.99. The van der Waals surface area contributed by atoms with Crippen LogP contribution in [0.4, 0.5) is 11.4 Å². The molecule has 32 heavy (non-hydrogen) atoms. The first-order chi connectivity index (χ1) is 15.3. The van der Waals surface area contributed by atoms with Gasteiger partial charge in [0.1, 0.15) is 5.69 Å². The van der Waals surface area contributed by atoms with Gasteiger partial charge in [-0.25, -0.2) is 9.59 Å². The standard InChI is InChI=1S/C21H14N4O7/c22-15-16(24-21(31)25-19(15)29)20(30)32-8-14(26)23-9-5-6-12-13(7-9)18(28)11-4-2-1-3-10(11)17(12)27/h1-7H,8,22H2,(H,23,26)(H2,24,25,29,31). The van der Waals surface area contributed by atoms with Crippen LogP contribution in [0.25, 0.3) is 0 Å². The molecule has 1 amide bonds. The second kappa shape index (κ2) is 7.80. The lowest BCUT2D eigenvalue weighted by Gasteiger charge is -2.18. The maximum atomic E-state index is 12.7. The summed E-state index contributed by atoms with van der Waals surface area (Å²) in [7, 11) is 0. The minimum absolute atomic E-state index is 0.136. The predicted octanol–water partition coefficient (Wildman–Crippen LogP) is 0.216. The Morgan fingerprint density at radius 2 is 1.50 bits per heavy atom. The Balaban J connectivity index is 1.48. The number of esters is 1. The van der Waals surface area contributed by atoms with Crippen LogP contribution in [0, 0.1) is 0 Å². The van der Waals surface area contributed by atoms with Crippen LogP contribution in [-0.2, 0) is 9.53 Å². The molecular formula is C21H14N4O7. The van der Waals surface area contributed by atoms with Gasteiger partial charge in [-0.2, -0.15) is 0 Å². The van der Waals surface area contributed by atoms with Gasteiger partial charge < -0.3 is 15.8 Å². The molecule has 11 heteroatoms. The summed E-state index contributed by atoms with van der Waals surface area (Å²) < 4.78 is 4.78. The number of benzene rings is 2. The van der Waals surface area contributed by atoms with E-state index in [9.17, 15) is 28.8 Å². The molecule has 0 saturated heterocycles. The van der Waals surface area contributed by atoms with Gasteiger partial charge >= 0.3 is 11.7 Å². The zero-order valence-corrected chi connectivity index (χ0v) is 16.2. The van der Waals surface area contributed by atoms with Gasteiger partial charge in [0.05, 0.1) is 0 Å². The van der Waals surface area contributed by atoms with E-state index in [1.807, 2.05) is 9.97 Å². The molecule has 5 N–H and O–H groups in total. The first kappa shape index (κ1) is 20.5. The fourth-order valence-corrected chi connectivity index (χ4v) is 3.23. The Bertz CT molecular complexity index is 1430. The molecule has 0 spiro atoms. The van der Waals surface area contributed by atoms with Crippen molar-refractivity contribution in [2.75, 3.05) is 17.7 Å². The molecule has 1 aromatic heterocycles. The maximum Gasteiger partial charge on any atom is 0.357 e. The molecule has 0 saturated carbocycles. The number of fused-ring (bicyclic) bond motifs is 2. The molecule has 4 rings (SSSR count). The molecule has 0 radical (unpaired) electrons. The van der Waals surface area contributed by atoms with Crippen LogP contribution in [-0.4, -0.2) is 40.0 Å².